The van der Waals surface area contributed by atoms with E-state index in [0.717, 1.165) is 24.9 Å². The number of hydrogen-bond donors (Lipinski definition) is 1. The summed E-state index contributed by atoms with van der Waals surface area (Å²) in [7, 11) is 1.81. The molecule has 0 aliphatic heterocycles. The van der Waals surface area contributed by atoms with Crippen LogP contribution in [0.3, 0.4) is 0 Å². The highest BCUT2D eigenvalue weighted by Gasteiger charge is 2.31. The second-order valence-corrected chi connectivity index (χ2v) is 5.40. The molecule has 0 spiro atoms. The van der Waals surface area contributed by atoms with Crippen LogP contribution in [0.25, 0.3) is 0 Å². The zero-order chi connectivity index (χ0) is 11.3. The van der Waals surface area contributed by atoms with Gasteiger partial charge in [0.05, 0.1) is 5.60 Å². The lowest BCUT2D eigenvalue weighted by molar-refractivity contribution is 0.0112. The van der Waals surface area contributed by atoms with Gasteiger partial charge in [0.2, 0.25) is 0 Å². The molecule has 0 bridgehead atoms. The van der Waals surface area contributed by atoms with E-state index < -0.39 is 0 Å². The molecule has 2 heteroatoms. The fourth-order valence-corrected chi connectivity index (χ4v) is 1.94. The fourth-order valence-electron chi connectivity index (χ4n) is 1.94. The van der Waals surface area contributed by atoms with Gasteiger partial charge >= 0.3 is 0 Å². The molecule has 2 nitrogen and oxygen atoms in total. The van der Waals surface area contributed by atoms with Gasteiger partial charge in [-0.3, -0.25) is 0 Å². The summed E-state index contributed by atoms with van der Waals surface area (Å²) in [6.07, 6.45) is 6.49. The molecule has 1 fully saturated rings. The van der Waals surface area contributed by atoms with Gasteiger partial charge in [-0.15, -0.1) is 0 Å². The molecule has 1 aliphatic rings. The summed E-state index contributed by atoms with van der Waals surface area (Å²) in [5.41, 5.74) is 0.0427. The number of hydrogen-bond acceptors (Lipinski definition) is 2. The van der Waals surface area contributed by atoms with Crippen LogP contribution in [-0.4, -0.2) is 25.3 Å². The van der Waals surface area contributed by atoms with E-state index in [1.54, 1.807) is 0 Å². The van der Waals surface area contributed by atoms with Crippen LogP contribution in [0.2, 0.25) is 0 Å². The van der Waals surface area contributed by atoms with E-state index in [2.05, 4.69) is 26.1 Å². The van der Waals surface area contributed by atoms with Crippen LogP contribution in [0.5, 0.6) is 0 Å². The van der Waals surface area contributed by atoms with Crippen molar-refractivity contribution in [2.75, 3.05) is 13.7 Å². The van der Waals surface area contributed by atoms with Crippen molar-refractivity contribution in [2.24, 2.45) is 5.92 Å². The standard InChI is InChI=1S/C13H27NO/c1-5-10-14-12(11-6-7-11)8-9-13(2,3)15-4/h11-12,14H,5-10H2,1-4H3. The Morgan fingerprint density at radius 1 is 1.40 bits per heavy atom. The summed E-state index contributed by atoms with van der Waals surface area (Å²) in [6.45, 7) is 7.75. The van der Waals surface area contributed by atoms with E-state index in [4.69, 9.17) is 4.74 Å². The van der Waals surface area contributed by atoms with Crippen molar-refractivity contribution < 1.29 is 4.74 Å². The Balaban J connectivity index is 2.25. The summed E-state index contributed by atoms with van der Waals surface area (Å²) in [6, 6.07) is 0.736. The molecule has 1 saturated carbocycles. The summed E-state index contributed by atoms with van der Waals surface area (Å²) in [5, 5.41) is 3.67. The maximum Gasteiger partial charge on any atom is 0.0623 e. The smallest absolute Gasteiger partial charge is 0.0623 e. The largest absolute Gasteiger partial charge is 0.379 e. The summed E-state index contributed by atoms with van der Waals surface area (Å²) in [4.78, 5) is 0. The summed E-state index contributed by atoms with van der Waals surface area (Å²) in [5.74, 6) is 0.948. The second-order valence-electron chi connectivity index (χ2n) is 5.40. The Morgan fingerprint density at radius 3 is 2.53 bits per heavy atom. The van der Waals surface area contributed by atoms with Gasteiger partial charge in [0, 0.05) is 13.2 Å². The molecule has 0 aromatic rings. The van der Waals surface area contributed by atoms with Crippen LogP contribution in [-0.2, 0) is 4.74 Å². The van der Waals surface area contributed by atoms with Crippen molar-refractivity contribution in [3.63, 3.8) is 0 Å². The Labute approximate surface area is 94.8 Å². The van der Waals surface area contributed by atoms with Crippen LogP contribution >= 0.6 is 0 Å². The third-order valence-corrected chi connectivity index (χ3v) is 3.46. The fraction of sp³-hybridized carbons (Fsp3) is 1.00. The third kappa shape index (κ3) is 4.98. The second kappa shape index (κ2) is 5.86. The zero-order valence-corrected chi connectivity index (χ0v) is 10.8. The van der Waals surface area contributed by atoms with E-state index in [1.165, 1.54) is 25.7 Å². The van der Waals surface area contributed by atoms with Crippen LogP contribution in [0.1, 0.15) is 52.9 Å². The van der Waals surface area contributed by atoms with Crippen molar-refractivity contribution in [2.45, 2.75) is 64.5 Å². The molecular formula is C13H27NO. The summed E-state index contributed by atoms with van der Waals surface area (Å²) >= 11 is 0. The first-order valence-electron chi connectivity index (χ1n) is 6.37. The lowest BCUT2D eigenvalue weighted by Crippen LogP contribution is -2.34. The Morgan fingerprint density at radius 2 is 2.07 bits per heavy atom. The highest BCUT2D eigenvalue weighted by atomic mass is 16.5. The maximum absolute atomic E-state index is 5.46. The average molecular weight is 213 g/mol. The van der Waals surface area contributed by atoms with Crippen LogP contribution in [0.4, 0.5) is 0 Å². The van der Waals surface area contributed by atoms with Crippen LogP contribution in [0.15, 0.2) is 0 Å². The number of nitrogens with one attached hydrogen (secondary N) is 1. The Bertz CT molecular complexity index is 175. The molecular weight excluding hydrogens is 186 g/mol. The maximum atomic E-state index is 5.46. The van der Waals surface area contributed by atoms with Crippen molar-refractivity contribution in [3.8, 4) is 0 Å². The van der Waals surface area contributed by atoms with Gasteiger partial charge in [-0.2, -0.15) is 0 Å². The minimum atomic E-state index is 0.0427. The first-order valence-corrected chi connectivity index (χ1v) is 6.37. The third-order valence-electron chi connectivity index (χ3n) is 3.46. The highest BCUT2D eigenvalue weighted by Crippen LogP contribution is 2.35. The molecule has 0 aromatic heterocycles. The molecule has 0 saturated heterocycles. The minimum absolute atomic E-state index is 0.0427. The molecule has 90 valence electrons. The van der Waals surface area contributed by atoms with Gasteiger partial charge in [-0.25, -0.2) is 0 Å². The quantitative estimate of drug-likeness (QED) is 0.669. The molecule has 1 rings (SSSR count). The van der Waals surface area contributed by atoms with Crippen molar-refractivity contribution in [1.82, 2.24) is 5.32 Å². The number of rotatable bonds is 8. The lowest BCUT2D eigenvalue weighted by atomic mass is 9.96. The van der Waals surface area contributed by atoms with Crippen molar-refractivity contribution in [1.29, 1.82) is 0 Å². The number of methoxy groups -OCH3 is 1. The molecule has 0 radical (unpaired) electrons. The normalized spacial score (nSPS) is 19.2. The average Bonchev–Trinajstić information content (AvgIpc) is 3.02. The Hall–Kier alpha value is -0.0800. The van der Waals surface area contributed by atoms with E-state index in [0.29, 0.717) is 0 Å². The predicted molar refractivity (Wildman–Crippen MR) is 65.1 cm³/mol. The van der Waals surface area contributed by atoms with Crippen molar-refractivity contribution >= 4 is 0 Å². The van der Waals surface area contributed by atoms with Crippen LogP contribution < -0.4 is 5.32 Å². The molecule has 0 amide bonds. The van der Waals surface area contributed by atoms with Crippen molar-refractivity contribution in [3.05, 3.63) is 0 Å². The molecule has 0 heterocycles. The molecule has 1 unspecified atom stereocenters. The topological polar surface area (TPSA) is 21.3 Å². The summed E-state index contributed by atoms with van der Waals surface area (Å²) < 4.78 is 5.46. The first kappa shape index (κ1) is 13.0. The van der Waals surface area contributed by atoms with E-state index in [9.17, 15) is 0 Å². The minimum Gasteiger partial charge on any atom is -0.379 e. The molecule has 15 heavy (non-hydrogen) atoms. The molecule has 1 N–H and O–H groups in total. The van der Waals surface area contributed by atoms with Gasteiger partial charge in [0.15, 0.2) is 0 Å². The first-order chi connectivity index (χ1) is 7.09. The lowest BCUT2D eigenvalue weighted by Gasteiger charge is -2.26. The van der Waals surface area contributed by atoms with Gasteiger partial charge in [0.25, 0.3) is 0 Å². The molecule has 1 aliphatic carbocycles. The highest BCUT2D eigenvalue weighted by molar-refractivity contribution is 4.87. The SMILES string of the molecule is CCCNC(CCC(C)(C)OC)C1CC1. The van der Waals surface area contributed by atoms with Gasteiger partial charge < -0.3 is 10.1 Å². The molecule has 1 atom stereocenters. The van der Waals surface area contributed by atoms with E-state index in [1.807, 2.05) is 7.11 Å². The predicted octanol–water partition coefficient (Wildman–Crippen LogP) is 2.97. The van der Waals surface area contributed by atoms with E-state index in [-0.39, 0.29) is 5.60 Å². The zero-order valence-electron chi connectivity index (χ0n) is 10.8. The van der Waals surface area contributed by atoms with Gasteiger partial charge in [-0.1, -0.05) is 6.92 Å². The van der Waals surface area contributed by atoms with Gasteiger partial charge in [0.1, 0.15) is 0 Å². The van der Waals surface area contributed by atoms with E-state index >= 15 is 0 Å². The molecule has 0 aromatic carbocycles. The Kier molecular flexibility index (Phi) is 5.07. The monoisotopic (exact) mass is 213 g/mol. The number of ether oxygens (including phenoxy) is 1. The van der Waals surface area contributed by atoms with Crippen LogP contribution in [0, 0.1) is 5.92 Å². The van der Waals surface area contributed by atoms with Gasteiger partial charge in [-0.05, 0) is 58.4 Å².